The van der Waals surface area contributed by atoms with Crippen molar-refractivity contribution in [2.75, 3.05) is 19.4 Å². The number of nitrogens with zero attached hydrogens (tertiary/aromatic N) is 2. The van der Waals surface area contributed by atoms with Gasteiger partial charge in [-0.05, 0) is 48.5 Å². The SMILES string of the molecule is CN(C)S(=O)(=O)c1ccc(C(=O)Nc2ccc(-c3nccs3)cc2)cc1. The molecular weight excluding hydrogens is 370 g/mol. The zero-order chi connectivity index (χ0) is 18.7. The molecule has 8 heteroatoms. The normalized spacial score (nSPS) is 11.5. The molecule has 1 heterocycles. The van der Waals surface area contributed by atoms with E-state index in [1.165, 1.54) is 38.4 Å². The molecule has 1 aromatic heterocycles. The number of anilines is 1. The fourth-order valence-corrected chi connectivity index (χ4v) is 3.80. The van der Waals surface area contributed by atoms with Gasteiger partial charge < -0.3 is 5.32 Å². The second-order valence-electron chi connectivity index (χ2n) is 5.68. The third-order valence-corrected chi connectivity index (χ3v) is 6.37. The molecule has 26 heavy (non-hydrogen) atoms. The summed E-state index contributed by atoms with van der Waals surface area (Å²) in [6.07, 6.45) is 1.75. The lowest BCUT2D eigenvalue weighted by Crippen LogP contribution is -2.22. The van der Waals surface area contributed by atoms with Crippen LogP contribution in [0.15, 0.2) is 65.0 Å². The van der Waals surface area contributed by atoms with Crippen molar-refractivity contribution in [3.8, 4) is 10.6 Å². The molecule has 134 valence electrons. The summed E-state index contributed by atoms with van der Waals surface area (Å²) < 4.78 is 25.2. The van der Waals surface area contributed by atoms with Crippen molar-refractivity contribution in [2.45, 2.75) is 4.90 Å². The van der Waals surface area contributed by atoms with E-state index in [1.807, 2.05) is 17.5 Å². The number of amides is 1. The van der Waals surface area contributed by atoms with Crippen molar-refractivity contribution in [3.05, 3.63) is 65.7 Å². The minimum Gasteiger partial charge on any atom is -0.322 e. The van der Waals surface area contributed by atoms with Crippen LogP contribution in [0.3, 0.4) is 0 Å². The highest BCUT2D eigenvalue weighted by atomic mass is 32.2. The molecule has 6 nitrogen and oxygen atoms in total. The van der Waals surface area contributed by atoms with Crippen LogP contribution in [0.25, 0.3) is 10.6 Å². The van der Waals surface area contributed by atoms with E-state index < -0.39 is 10.0 Å². The third-order valence-electron chi connectivity index (χ3n) is 3.72. The molecule has 1 amide bonds. The molecule has 0 spiro atoms. The third kappa shape index (κ3) is 3.82. The van der Waals surface area contributed by atoms with Crippen LogP contribution < -0.4 is 5.32 Å². The Morgan fingerprint density at radius 3 is 2.23 bits per heavy atom. The molecule has 0 aliphatic carbocycles. The summed E-state index contributed by atoms with van der Waals surface area (Å²) in [6, 6.07) is 13.2. The standard InChI is InChI=1S/C18H17N3O3S2/c1-21(2)26(23,24)16-9-5-13(6-10-16)17(22)20-15-7-3-14(4-8-15)18-19-11-12-25-18/h3-12H,1-2H3,(H,20,22). The Labute approximate surface area is 156 Å². The Kier molecular flexibility index (Phi) is 5.17. The summed E-state index contributed by atoms with van der Waals surface area (Å²) in [7, 11) is -0.581. The number of hydrogen-bond donors (Lipinski definition) is 1. The van der Waals surface area contributed by atoms with Gasteiger partial charge in [0.25, 0.3) is 5.91 Å². The van der Waals surface area contributed by atoms with Gasteiger partial charge in [-0.3, -0.25) is 4.79 Å². The highest BCUT2D eigenvalue weighted by Gasteiger charge is 2.17. The first-order chi connectivity index (χ1) is 12.4. The zero-order valence-corrected chi connectivity index (χ0v) is 15.8. The van der Waals surface area contributed by atoms with Gasteiger partial charge in [-0.2, -0.15) is 0 Å². The molecule has 3 aromatic rings. The van der Waals surface area contributed by atoms with Crippen molar-refractivity contribution in [1.29, 1.82) is 0 Å². The predicted octanol–water partition coefficient (Wildman–Crippen LogP) is 3.31. The maximum Gasteiger partial charge on any atom is 0.255 e. The fourth-order valence-electron chi connectivity index (χ4n) is 2.25. The molecule has 1 N–H and O–H groups in total. The Balaban J connectivity index is 1.72. The topological polar surface area (TPSA) is 79.4 Å². The van der Waals surface area contributed by atoms with Crippen LogP contribution in [-0.4, -0.2) is 37.7 Å². The first-order valence-corrected chi connectivity index (χ1v) is 10.0. The highest BCUT2D eigenvalue weighted by Crippen LogP contribution is 2.23. The van der Waals surface area contributed by atoms with Crippen LogP contribution in [0.5, 0.6) is 0 Å². The molecule has 0 aliphatic heterocycles. The van der Waals surface area contributed by atoms with Gasteiger partial charge in [0, 0.05) is 42.5 Å². The van der Waals surface area contributed by atoms with E-state index in [0.29, 0.717) is 11.3 Å². The average Bonchev–Trinajstić information content (AvgIpc) is 3.17. The maximum absolute atomic E-state index is 12.3. The number of hydrogen-bond acceptors (Lipinski definition) is 5. The second kappa shape index (κ2) is 7.36. The quantitative estimate of drug-likeness (QED) is 0.728. The van der Waals surface area contributed by atoms with E-state index in [4.69, 9.17) is 0 Å². The van der Waals surface area contributed by atoms with E-state index >= 15 is 0 Å². The molecule has 3 rings (SSSR count). The zero-order valence-electron chi connectivity index (χ0n) is 14.2. The summed E-state index contributed by atoms with van der Waals surface area (Å²) >= 11 is 1.55. The van der Waals surface area contributed by atoms with E-state index in [-0.39, 0.29) is 10.8 Å². The van der Waals surface area contributed by atoms with Gasteiger partial charge in [-0.25, -0.2) is 17.7 Å². The van der Waals surface area contributed by atoms with Crippen LogP contribution in [0, 0.1) is 0 Å². The molecule has 0 unspecified atom stereocenters. The fraction of sp³-hybridized carbons (Fsp3) is 0.111. The molecule has 0 radical (unpaired) electrons. The molecule has 0 saturated heterocycles. The maximum atomic E-state index is 12.3. The van der Waals surface area contributed by atoms with Gasteiger partial charge in [0.2, 0.25) is 10.0 Å². The number of thiazole rings is 1. The van der Waals surface area contributed by atoms with Crippen molar-refractivity contribution in [1.82, 2.24) is 9.29 Å². The molecule has 0 fully saturated rings. The number of carbonyl (C=O) groups excluding carboxylic acids is 1. The van der Waals surface area contributed by atoms with Crippen LogP contribution >= 0.6 is 11.3 Å². The molecular formula is C18H17N3O3S2. The lowest BCUT2D eigenvalue weighted by atomic mass is 10.2. The van der Waals surface area contributed by atoms with Gasteiger partial charge in [0.05, 0.1) is 4.90 Å². The summed E-state index contributed by atoms with van der Waals surface area (Å²) in [5, 5.41) is 5.62. The monoisotopic (exact) mass is 387 g/mol. The number of aromatic nitrogens is 1. The lowest BCUT2D eigenvalue weighted by molar-refractivity contribution is 0.102. The second-order valence-corrected chi connectivity index (χ2v) is 8.73. The Bertz CT molecular complexity index is 995. The Hall–Kier alpha value is -2.55. The number of benzene rings is 2. The van der Waals surface area contributed by atoms with Crippen LogP contribution in [0.1, 0.15) is 10.4 Å². The Morgan fingerprint density at radius 2 is 1.69 bits per heavy atom. The predicted molar refractivity (Wildman–Crippen MR) is 103 cm³/mol. The van der Waals surface area contributed by atoms with Crippen LogP contribution in [0.2, 0.25) is 0 Å². The van der Waals surface area contributed by atoms with Crippen molar-refractivity contribution in [3.63, 3.8) is 0 Å². The van der Waals surface area contributed by atoms with Gasteiger partial charge in [0.1, 0.15) is 5.01 Å². The molecule has 2 aromatic carbocycles. The number of rotatable bonds is 5. The summed E-state index contributed by atoms with van der Waals surface area (Å²) in [5.74, 6) is -0.305. The van der Waals surface area contributed by atoms with Crippen LogP contribution in [0.4, 0.5) is 5.69 Å². The van der Waals surface area contributed by atoms with E-state index in [9.17, 15) is 13.2 Å². The highest BCUT2D eigenvalue weighted by molar-refractivity contribution is 7.89. The lowest BCUT2D eigenvalue weighted by Gasteiger charge is -2.11. The number of sulfonamides is 1. The van der Waals surface area contributed by atoms with Crippen molar-refractivity contribution >= 4 is 33.0 Å². The van der Waals surface area contributed by atoms with Crippen molar-refractivity contribution in [2.24, 2.45) is 0 Å². The minimum absolute atomic E-state index is 0.145. The number of carbonyl (C=O) groups is 1. The Morgan fingerprint density at radius 1 is 1.04 bits per heavy atom. The molecule has 0 atom stereocenters. The number of nitrogens with one attached hydrogen (secondary N) is 1. The summed E-state index contributed by atoms with van der Waals surface area (Å²) in [6.45, 7) is 0. The van der Waals surface area contributed by atoms with E-state index in [0.717, 1.165) is 14.9 Å². The van der Waals surface area contributed by atoms with E-state index in [2.05, 4.69) is 10.3 Å². The van der Waals surface area contributed by atoms with Crippen LogP contribution in [-0.2, 0) is 10.0 Å². The first kappa shape index (κ1) is 18.2. The van der Waals surface area contributed by atoms with Gasteiger partial charge in [0.15, 0.2) is 0 Å². The van der Waals surface area contributed by atoms with Gasteiger partial charge in [-0.1, -0.05) is 0 Å². The molecule has 0 aliphatic rings. The average molecular weight is 387 g/mol. The first-order valence-electron chi connectivity index (χ1n) is 7.72. The smallest absolute Gasteiger partial charge is 0.255 e. The van der Waals surface area contributed by atoms with Gasteiger partial charge in [-0.15, -0.1) is 11.3 Å². The van der Waals surface area contributed by atoms with Gasteiger partial charge >= 0.3 is 0 Å². The van der Waals surface area contributed by atoms with E-state index in [1.54, 1.807) is 29.7 Å². The van der Waals surface area contributed by atoms with Crippen molar-refractivity contribution < 1.29 is 13.2 Å². The minimum atomic E-state index is -3.51. The largest absolute Gasteiger partial charge is 0.322 e. The summed E-state index contributed by atoms with van der Waals surface area (Å²) in [4.78, 5) is 16.7. The molecule has 0 saturated carbocycles. The summed E-state index contributed by atoms with van der Waals surface area (Å²) in [5.41, 5.74) is 2.02. The molecule has 0 bridgehead atoms.